The third-order valence-electron chi connectivity index (χ3n) is 4.19. The summed E-state index contributed by atoms with van der Waals surface area (Å²) in [6.07, 6.45) is 0. The molecular weight excluding hydrogens is 318 g/mol. The summed E-state index contributed by atoms with van der Waals surface area (Å²) in [4.78, 5) is 23.8. The molecule has 0 radical (unpaired) electrons. The van der Waals surface area contributed by atoms with Crippen LogP contribution >= 0.6 is 0 Å². The Morgan fingerprint density at radius 1 is 0.880 bits per heavy atom. The van der Waals surface area contributed by atoms with E-state index in [0.29, 0.717) is 17.8 Å². The average molecular weight is 335 g/mol. The van der Waals surface area contributed by atoms with Crippen LogP contribution in [0.4, 0.5) is 0 Å². The molecule has 0 aliphatic carbocycles. The largest absolute Gasteiger partial charge is 0.478 e. The Balaban J connectivity index is 2.29. The number of aromatic nitrogens is 1. The number of carbonyl (C=O) groups is 2. The summed E-state index contributed by atoms with van der Waals surface area (Å²) >= 11 is 0. The zero-order valence-corrected chi connectivity index (χ0v) is 13.6. The van der Waals surface area contributed by atoms with Gasteiger partial charge in [-0.25, -0.2) is 9.59 Å². The maximum atomic E-state index is 12.0. The highest BCUT2D eigenvalue weighted by Gasteiger charge is 2.29. The normalized spacial score (nSPS) is 10.6. The highest BCUT2D eigenvalue weighted by Crippen LogP contribution is 2.33. The van der Waals surface area contributed by atoms with E-state index in [9.17, 15) is 19.8 Å². The van der Waals surface area contributed by atoms with E-state index in [0.717, 1.165) is 5.56 Å². The molecule has 25 heavy (non-hydrogen) atoms. The van der Waals surface area contributed by atoms with Gasteiger partial charge >= 0.3 is 11.9 Å². The van der Waals surface area contributed by atoms with Crippen LogP contribution in [0.15, 0.2) is 60.7 Å². The van der Waals surface area contributed by atoms with Gasteiger partial charge in [-0.05, 0) is 18.1 Å². The van der Waals surface area contributed by atoms with Gasteiger partial charge < -0.3 is 14.8 Å². The lowest BCUT2D eigenvalue weighted by Crippen LogP contribution is -2.11. The van der Waals surface area contributed by atoms with E-state index in [1.54, 1.807) is 41.8 Å². The van der Waals surface area contributed by atoms with Gasteiger partial charge in [0.2, 0.25) is 0 Å². The summed E-state index contributed by atoms with van der Waals surface area (Å²) in [6, 6.07) is 18.1. The summed E-state index contributed by atoms with van der Waals surface area (Å²) in [6.45, 7) is 1.94. The van der Waals surface area contributed by atoms with Crippen molar-refractivity contribution in [2.45, 2.75) is 13.5 Å². The first-order valence-electron chi connectivity index (χ1n) is 7.79. The Morgan fingerprint density at radius 3 is 1.96 bits per heavy atom. The zero-order chi connectivity index (χ0) is 18.0. The number of aromatic carboxylic acids is 2. The van der Waals surface area contributed by atoms with Crippen molar-refractivity contribution in [2.24, 2.45) is 0 Å². The van der Waals surface area contributed by atoms with Gasteiger partial charge in [-0.1, -0.05) is 60.7 Å². The van der Waals surface area contributed by atoms with Gasteiger partial charge in [0.05, 0.1) is 5.56 Å². The van der Waals surface area contributed by atoms with Crippen molar-refractivity contribution in [3.05, 3.63) is 83.2 Å². The molecule has 0 spiro atoms. The highest BCUT2D eigenvalue weighted by atomic mass is 16.4. The molecule has 5 nitrogen and oxygen atoms in total. The van der Waals surface area contributed by atoms with Gasteiger partial charge in [0.1, 0.15) is 5.69 Å². The smallest absolute Gasteiger partial charge is 0.353 e. The van der Waals surface area contributed by atoms with Crippen molar-refractivity contribution in [3.63, 3.8) is 0 Å². The zero-order valence-electron chi connectivity index (χ0n) is 13.6. The van der Waals surface area contributed by atoms with Crippen molar-refractivity contribution >= 4 is 11.9 Å². The molecule has 0 atom stereocenters. The Morgan fingerprint density at radius 2 is 1.44 bits per heavy atom. The SMILES string of the molecule is Cc1c(C(=O)O)c(-c2ccccc2)c(C(=O)O)n1Cc1ccccc1. The summed E-state index contributed by atoms with van der Waals surface area (Å²) in [7, 11) is 0. The fraction of sp³-hybridized carbons (Fsp3) is 0.100. The maximum Gasteiger partial charge on any atom is 0.353 e. The van der Waals surface area contributed by atoms with E-state index in [1.807, 2.05) is 30.3 Å². The van der Waals surface area contributed by atoms with Gasteiger partial charge in [0, 0.05) is 17.8 Å². The Bertz CT molecular complexity index is 927. The molecule has 1 aromatic heterocycles. The topological polar surface area (TPSA) is 79.5 Å². The molecule has 126 valence electrons. The van der Waals surface area contributed by atoms with Crippen LogP contribution < -0.4 is 0 Å². The summed E-state index contributed by atoms with van der Waals surface area (Å²) < 4.78 is 1.56. The minimum Gasteiger partial charge on any atom is -0.478 e. The molecule has 5 heteroatoms. The number of hydrogen-bond acceptors (Lipinski definition) is 2. The molecular formula is C20H17NO4. The summed E-state index contributed by atoms with van der Waals surface area (Å²) in [5.74, 6) is -2.28. The van der Waals surface area contributed by atoms with E-state index >= 15 is 0 Å². The molecule has 0 fully saturated rings. The molecule has 0 saturated carbocycles. The monoisotopic (exact) mass is 335 g/mol. The lowest BCUT2D eigenvalue weighted by atomic mass is 10.0. The van der Waals surface area contributed by atoms with Crippen LogP contribution in [0.5, 0.6) is 0 Å². The maximum absolute atomic E-state index is 12.0. The molecule has 1 heterocycles. The second-order valence-corrected chi connectivity index (χ2v) is 5.73. The summed E-state index contributed by atoms with van der Waals surface area (Å²) in [5, 5.41) is 19.5. The van der Waals surface area contributed by atoms with E-state index < -0.39 is 11.9 Å². The first-order chi connectivity index (χ1) is 12.0. The van der Waals surface area contributed by atoms with Gasteiger partial charge in [0.15, 0.2) is 0 Å². The molecule has 0 amide bonds. The minimum atomic E-state index is -1.15. The first kappa shape index (κ1) is 16.5. The van der Waals surface area contributed by atoms with Crippen molar-refractivity contribution in [1.82, 2.24) is 4.57 Å². The molecule has 0 saturated heterocycles. The molecule has 2 N–H and O–H groups in total. The van der Waals surface area contributed by atoms with Gasteiger partial charge in [-0.3, -0.25) is 0 Å². The average Bonchev–Trinajstić information content (AvgIpc) is 2.89. The standard InChI is InChI=1S/C20H17NO4/c1-13-16(19(22)23)17(15-10-6-3-7-11-15)18(20(24)25)21(13)12-14-8-4-2-5-9-14/h2-11H,12H2,1H3,(H,22,23)(H,24,25). The van der Waals surface area contributed by atoms with Crippen molar-refractivity contribution in [1.29, 1.82) is 0 Å². The fourth-order valence-corrected chi connectivity index (χ4v) is 3.07. The lowest BCUT2D eigenvalue weighted by Gasteiger charge is -2.10. The lowest BCUT2D eigenvalue weighted by molar-refractivity contribution is 0.0682. The second kappa shape index (κ2) is 6.65. The number of rotatable bonds is 5. The van der Waals surface area contributed by atoms with Crippen LogP contribution in [-0.2, 0) is 6.54 Å². The van der Waals surface area contributed by atoms with E-state index in [4.69, 9.17) is 0 Å². The number of benzene rings is 2. The third kappa shape index (κ3) is 3.04. The molecule has 0 aliphatic rings. The molecule has 0 aliphatic heterocycles. The minimum absolute atomic E-state index is 0.00930. The van der Waals surface area contributed by atoms with Gasteiger partial charge in [-0.15, -0.1) is 0 Å². The van der Waals surface area contributed by atoms with E-state index in [2.05, 4.69) is 0 Å². The van der Waals surface area contributed by atoms with E-state index in [-0.39, 0.29) is 16.8 Å². The predicted molar refractivity (Wildman–Crippen MR) is 94.1 cm³/mol. The van der Waals surface area contributed by atoms with Crippen LogP contribution in [0.25, 0.3) is 11.1 Å². The fourth-order valence-electron chi connectivity index (χ4n) is 3.07. The van der Waals surface area contributed by atoms with Crippen LogP contribution in [0, 0.1) is 6.92 Å². The van der Waals surface area contributed by atoms with Gasteiger partial charge in [0.25, 0.3) is 0 Å². The van der Waals surface area contributed by atoms with Crippen molar-refractivity contribution in [2.75, 3.05) is 0 Å². The van der Waals surface area contributed by atoms with Crippen LogP contribution in [0.3, 0.4) is 0 Å². The molecule has 2 aromatic carbocycles. The quantitative estimate of drug-likeness (QED) is 0.741. The van der Waals surface area contributed by atoms with E-state index in [1.165, 1.54) is 0 Å². The van der Waals surface area contributed by atoms with Crippen molar-refractivity contribution < 1.29 is 19.8 Å². The Kier molecular flexibility index (Phi) is 4.39. The second-order valence-electron chi connectivity index (χ2n) is 5.73. The number of hydrogen-bond donors (Lipinski definition) is 2. The third-order valence-corrected chi connectivity index (χ3v) is 4.19. The summed E-state index contributed by atoms with van der Waals surface area (Å²) in [5.41, 5.74) is 2.16. The first-order valence-corrected chi connectivity index (χ1v) is 7.79. The van der Waals surface area contributed by atoms with Crippen molar-refractivity contribution in [3.8, 4) is 11.1 Å². The number of carboxylic acids is 2. The number of nitrogens with zero attached hydrogens (tertiary/aromatic N) is 1. The van der Waals surface area contributed by atoms with Gasteiger partial charge in [-0.2, -0.15) is 0 Å². The van der Waals surface area contributed by atoms with Crippen LogP contribution in [0.1, 0.15) is 32.1 Å². The molecule has 3 rings (SSSR count). The highest BCUT2D eigenvalue weighted by molar-refractivity contribution is 6.05. The Hall–Kier alpha value is -3.34. The predicted octanol–water partition coefficient (Wildman–Crippen LogP) is 3.91. The molecule has 0 bridgehead atoms. The molecule has 3 aromatic rings. The number of carboxylic acid groups (broad SMARTS) is 2. The van der Waals surface area contributed by atoms with Crippen LogP contribution in [0.2, 0.25) is 0 Å². The Labute approximate surface area is 144 Å². The molecule has 0 unspecified atom stereocenters. The van der Waals surface area contributed by atoms with Crippen LogP contribution in [-0.4, -0.2) is 26.7 Å².